The standard InChI is InChI=1S/C29H33N3O2S/c1-20-12-13-24(16-21(20)2)27-18-32(25-10-7-6-8-11-25)29(30-27)35-19-28(33)26-17-22(3)31(23(26)4)14-9-15-34-5/h6-8,10-13,16-18H,9,14-15,19H2,1-5H3. The molecule has 0 aliphatic carbocycles. The number of nitrogens with zero attached hydrogens (tertiary/aromatic N) is 3. The van der Waals surface area contributed by atoms with Gasteiger partial charge in [-0.05, 0) is 69.5 Å². The summed E-state index contributed by atoms with van der Waals surface area (Å²) in [7, 11) is 1.71. The van der Waals surface area contributed by atoms with Crippen molar-refractivity contribution in [2.24, 2.45) is 0 Å². The van der Waals surface area contributed by atoms with Crippen LogP contribution >= 0.6 is 11.8 Å². The van der Waals surface area contributed by atoms with E-state index in [2.05, 4.69) is 66.4 Å². The molecule has 0 atom stereocenters. The molecule has 0 aliphatic rings. The van der Waals surface area contributed by atoms with E-state index in [9.17, 15) is 4.79 Å². The molecule has 35 heavy (non-hydrogen) atoms. The van der Waals surface area contributed by atoms with Crippen molar-refractivity contribution in [2.45, 2.75) is 45.8 Å². The van der Waals surface area contributed by atoms with Crippen LogP contribution in [-0.4, -0.2) is 39.4 Å². The van der Waals surface area contributed by atoms with Crippen LogP contribution in [0.25, 0.3) is 16.9 Å². The van der Waals surface area contributed by atoms with Crippen molar-refractivity contribution < 1.29 is 9.53 Å². The van der Waals surface area contributed by atoms with Crippen LogP contribution in [-0.2, 0) is 11.3 Å². The quantitative estimate of drug-likeness (QED) is 0.144. The predicted molar refractivity (Wildman–Crippen MR) is 144 cm³/mol. The number of methoxy groups -OCH3 is 1. The van der Waals surface area contributed by atoms with Crippen LogP contribution in [0.4, 0.5) is 0 Å². The van der Waals surface area contributed by atoms with Gasteiger partial charge in [0, 0.05) is 54.7 Å². The molecule has 2 aromatic heterocycles. The van der Waals surface area contributed by atoms with Crippen LogP contribution in [0, 0.1) is 27.7 Å². The molecular formula is C29H33N3O2S. The zero-order valence-electron chi connectivity index (χ0n) is 21.2. The van der Waals surface area contributed by atoms with E-state index in [1.54, 1.807) is 7.11 Å². The first kappa shape index (κ1) is 25.0. The number of aromatic nitrogens is 3. The topological polar surface area (TPSA) is 49.1 Å². The highest BCUT2D eigenvalue weighted by molar-refractivity contribution is 7.99. The summed E-state index contributed by atoms with van der Waals surface area (Å²) in [5, 5.41) is 0.812. The third kappa shape index (κ3) is 5.60. The second-order valence-electron chi connectivity index (χ2n) is 8.91. The maximum atomic E-state index is 13.2. The lowest BCUT2D eigenvalue weighted by molar-refractivity contribution is 0.102. The van der Waals surface area contributed by atoms with Crippen LogP contribution < -0.4 is 0 Å². The Balaban J connectivity index is 1.59. The Morgan fingerprint density at radius 1 is 1.00 bits per heavy atom. The molecule has 6 heteroatoms. The number of ether oxygens (including phenoxy) is 1. The molecule has 0 unspecified atom stereocenters. The lowest BCUT2D eigenvalue weighted by Gasteiger charge is -2.09. The first-order chi connectivity index (χ1) is 16.9. The van der Waals surface area contributed by atoms with Crippen LogP contribution in [0.5, 0.6) is 0 Å². The number of benzene rings is 2. The molecule has 0 bridgehead atoms. The van der Waals surface area contributed by atoms with Gasteiger partial charge < -0.3 is 9.30 Å². The number of thioether (sulfide) groups is 1. The van der Waals surface area contributed by atoms with Gasteiger partial charge in [-0.1, -0.05) is 42.1 Å². The van der Waals surface area contributed by atoms with Crippen molar-refractivity contribution in [1.82, 2.24) is 14.1 Å². The second-order valence-corrected chi connectivity index (χ2v) is 9.85. The van der Waals surface area contributed by atoms with Crippen LogP contribution in [0.3, 0.4) is 0 Å². The van der Waals surface area contributed by atoms with Crippen molar-refractivity contribution in [2.75, 3.05) is 19.5 Å². The Kier molecular flexibility index (Phi) is 7.93. The van der Waals surface area contributed by atoms with Crippen molar-refractivity contribution in [1.29, 1.82) is 0 Å². The zero-order chi connectivity index (χ0) is 24.9. The molecule has 4 rings (SSSR count). The summed E-state index contributed by atoms with van der Waals surface area (Å²) in [4.78, 5) is 18.2. The SMILES string of the molecule is COCCCn1c(C)cc(C(=O)CSc2nc(-c3ccc(C)c(C)c3)cn2-c2ccccc2)c1C. The number of rotatable bonds is 10. The second kappa shape index (κ2) is 11.1. The average molecular weight is 488 g/mol. The molecule has 0 N–H and O–H groups in total. The zero-order valence-corrected chi connectivity index (χ0v) is 22.0. The van der Waals surface area contributed by atoms with Gasteiger partial charge in [-0.25, -0.2) is 4.98 Å². The average Bonchev–Trinajstić information content (AvgIpc) is 3.41. The van der Waals surface area contributed by atoms with E-state index >= 15 is 0 Å². The minimum atomic E-state index is 0.122. The summed E-state index contributed by atoms with van der Waals surface area (Å²) >= 11 is 1.49. The number of carbonyl (C=O) groups is 1. The monoisotopic (exact) mass is 487 g/mol. The Labute approximate surface area is 212 Å². The summed E-state index contributed by atoms with van der Waals surface area (Å²) in [6.07, 6.45) is 2.99. The normalized spacial score (nSPS) is 11.2. The summed E-state index contributed by atoms with van der Waals surface area (Å²) in [5.41, 5.74) is 8.43. The van der Waals surface area contributed by atoms with Gasteiger partial charge >= 0.3 is 0 Å². The predicted octanol–water partition coefficient (Wildman–Crippen LogP) is 6.59. The van der Waals surface area contributed by atoms with Gasteiger partial charge in [-0.3, -0.25) is 9.36 Å². The number of ketones is 1. The highest BCUT2D eigenvalue weighted by Crippen LogP contribution is 2.29. The number of Topliss-reactive ketones (excluding diaryl/α,β-unsaturated/α-hetero) is 1. The summed E-state index contributed by atoms with van der Waals surface area (Å²) in [6.45, 7) is 9.88. The molecule has 4 aromatic rings. The van der Waals surface area contributed by atoms with Crippen molar-refractivity contribution in [3.05, 3.63) is 88.9 Å². The van der Waals surface area contributed by atoms with E-state index in [0.29, 0.717) is 12.4 Å². The summed E-state index contributed by atoms with van der Waals surface area (Å²) < 4.78 is 9.47. The molecule has 0 aliphatic heterocycles. The maximum absolute atomic E-state index is 13.2. The molecule has 0 amide bonds. The Bertz CT molecular complexity index is 1320. The van der Waals surface area contributed by atoms with Gasteiger partial charge in [-0.2, -0.15) is 0 Å². The molecule has 0 spiro atoms. The van der Waals surface area contributed by atoms with Crippen LogP contribution in [0.1, 0.15) is 39.3 Å². The van der Waals surface area contributed by atoms with Crippen molar-refractivity contribution in [3.63, 3.8) is 0 Å². The Hall–Kier alpha value is -3.09. The molecule has 2 aromatic carbocycles. The minimum absolute atomic E-state index is 0.122. The van der Waals surface area contributed by atoms with E-state index in [4.69, 9.17) is 9.72 Å². The fourth-order valence-corrected chi connectivity index (χ4v) is 5.16. The van der Waals surface area contributed by atoms with E-state index in [1.807, 2.05) is 31.2 Å². The third-order valence-corrected chi connectivity index (χ3v) is 7.40. The largest absolute Gasteiger partial charge is 0.385 e. The molecule has 182 valence electrons. The number of para-hydroxylation sites is 1. The number of hydrogen-bond donors (Lipinski definition) is 0. The van der Waals surface area contributed by atoms with Gasteiger partial charge in [0.15, 0.2) is 10.9 Å². The van der Waals surface area contributed by atoms with Crippen LogP contribution in [0.15, 0.2) is 66.0 Å². The van der Waals surface area contributed by atoms with Gasteiger partial charge in [0.25, 0.3) is 0 Å². The molecule has 0 radical (unpaired) electrons. The van der Waals surface area contributed by atoms with E-state index < -0.39 is 0 Å². The van der Waals surface area contributed by atoms with Gasteiger partial charge in [0.1, 0.15) is 0 Å². The Morgan fingerprint density at radius 3 is 2.49 bits per heavy atom. The molecule has 0 saturated carbocycles. The fourth-order valence-electron chi connectivity index (χ4n) is 4.28. The highest BCUT2D eigenvalue weighted by Gasteiger charge is 2.18. The third-order valence-electron chi connectivity index (χ3n) is 6.45. The molecule has 5 nitrogen and oxygen atoms in total. The number of aryl methyl sites for hydroxylation is 3. The highest BCUT2D eigenvalue weighted by atomic mass is 32.2. The van der Waals surface area contributed by atoms with E-state index in [0.717, 1.165) is 52.0 Å². The fraction of sp³-hybridized carbons (Fsp3) is 0.310. The first-order valence-electron chi connectivity index (χ1n) is 11.9. The lowest BCUT2D eigenvalue weighted by Crippen LogP contribution is -2.08. The molecule has 0 saturated heterocycles. The molecular weight excluding hydrogens is 454 g/mol. The smallest absolute Gasteiger partial charge is 0.175 e. The van der Waals surface area contributed by atoms with Crippen LogP contribution in [0.2, 0.25) is 0 Å². The number of carbonyl (C=O) groups excluding carboxylic acids is 1. The number of imidazole rings is 1. The molecule has 0 fully saturated rings. The first-order valence-corrected chi connectivity index (χ1v) is 12.9. The summed E-state index contributed by atoms with van der Waals surface area (Å²) in [5.74, 6) is 0.454. The van der Waals surface area contributed by atoms with E-state index in [1.165, 1.54) is 22.9 Å². The number of hydrogen-bond acceptors (Lipinski definition) is 4. The van der Waals surface area contributed by atoms with Crippen molar-refractivity contribution >= 4 is 17.5 Å². The maximum Gasteiger partial charge on any atom is 0.175 e. The Morgan fingerprint density at radius 2 is 1.77 bits per heavy atom. The summed E-state index contributed by atoms with van der Waals surface area (Å²) in [6, 6.07) is 18.6. The molecule has 2 heterocycles. The van der Waals surface area contributed by atoms with Gasteiger partial charge in [0.2, 0.25) is 0 Å². The van der Waals surface area contributed by atoms with Crippen molar-refractivity contribution in [3.8, 4) is 16.9 Å². The van der Waals surface area contributed by atoms with Gasteiger partial charge in [-0.15, -0.1) is 0 Å². The lowest BCUT2D eigenvalue weighted by atomic mass is 10.0. The van der Waals surface area contributed by atoms with E-state index in [-0.39, 0.29) is 5.78 Å². The minimum Gasteiger partial charge on any atom is -0.385 e. The van der Waals surface area contributed by atoms with Gasteiger partial charge in [0.05, 0.1) is 11.4 Å².